The minimum atomic E-state index is 0.584. The number of rotatable bonds is 3. The Kier molecular flexibility index (Phi) is 2.85. The van der Waals surface area contributed by atoms with Crippen LogP contribution in [0.15, 0.2) is 16.7 Å². The second-order valence-corrected chi connectivity index (χ2v) is 2.80. The van der Waals surface area contributed by atoms with Gasteiger partial charge in [0.25, 0.3) is 0 Å². The maximum absolute atomic E-state index is 5.45. The molecule has 5 heteroatoms. The second-order valence-electron chi connectivity index (χ2n) is 1.91. The van der Waals surface area contributed by atoms with E-state index in [1.165, 1.54) is 11.3 Å². The minimum absolute atomic E-state index is 0.584. The summed E-state index contributed by atoms with van der Waals surface area (Å²) in [4.78, 5) is 3.97. The van der Waals surface area contributed by atoms with Crippen molar-refractivity contribution in [1.29, 1.82) is 0 Å². The summed E-state index contributed by atoms with van der Waals surface area (Å²) in [5.41, 5.74) is 8.20. The molecule has 1 aromatic rings. The number of hydrogen-bond donors (Lipinski definition) is 2. The van der Waals surface area contributed by atoms with Crippen LogP contribution in [0.25, 0.3) is 0 Å². The summed E-state index contributed by atoms with van der Waals surface area (Å²) < 4.78 is 0. The average molecular weight is 170 g/mol. The Morgan fingerprint density at radius 3 is 3.27 bits per heavy atom. The predicted molar refractivity (Wildman–Crippen MR) is 47.7 cm³/mol. The molecule has 11 heavy (non-hydrogen) atoms. The second kappa shape index (κ2) is 3.92. The minimum Gasteiger partial charge on any atom is -0.386 e. The van der Waals surface area contributed by atoms with Crippen LogP contribution in [0.4, 0.5) is 5.13 Å². The molecule has 0 aliphatic rings. The van der Waals surface area contributed by atoms with Crippen LogP contribution in [-0.4, -0.2) is 10.8 Å². The highest BCUT2D eigenvalue weighted by Crippen LogP contribution is 2.09. The van der Waals surface area contributed by atoms with Gasteiger partial charge in [-0.25, -0.2) is 4.98 Å². The molecule has 0 atom stereocenters. The molecule has 0 radical (unpaired) electrons. The molecule has 0 aliphatic heterocycles. The topological polar surface area (TPSA) is 63.3 Å². The molecular weight excluding hydrogens is 160 g/mol. The standard InChI is InChI=1S/C6H10N4S/c1-2-5(7)9-10-6-8-3-4-11-6/h3-4H,2H2,1H3,(H2,7,9)(H,8,10). The van der Waals surface area contributed by atoms with E-state index in [2.05, 4.69) is 15.5 Å². The molecule has 1 heterocycles. The summed E-state index contributed by atoms with van der Waals surface area (Å²) in [5.74, 6) is 0.584. The Labute approximate surface area is 69.1 Å². The molecule has 0 saturated carbocycles. The number of nitrogens with zero attached hydrogens (tertiary/aromatic N) is 2. The highest BCUT2D eigenvalue weighted by molar-refractivity contribution is 7.13. The first-order chi connectivity index (χ1) is 5.33. The van der Waals surface area contributed by atoms with Crippen molar-refractivity contribution in [2.45, 2.75) is 13.3 Å². The first kappa shape index (κ1) is 8.00. The van der Waals surface area contributed by atoms with Crippen LogP contribution in [0, 0.1) is 0 Å². The number of thiazole rings is 1. The van der Waals surface area contributed by atoms with Gasteiger partial charge in [0, 0.05) is 18.0 Å². The lowest BCUT2D eigenvalue weighted by Crippen LogP contribution is -2.11. The number of amidine groups is 1. The Balaban J connectivity index is 2.45. The fourth-order valence-corrected chi connectivity index (χ4v) is 0.948. The molecular formula is C6H10N4S. The molecule has 0 fully saturated rings. The Morgan fingerprint density at radius 2 is 2.73 bits per heavy atom. The van der Waals surface area contributed by atoms with Gasteiger partial charge in [-0.2, -0.15) is 5.10 Å². The lowest BCUT2D eigenvalue weighted by molar-refractivity contribution is 1.18. The summed E-state index contributed by atoms with van der Waals surface area (Å²) in [5, 5.41) is 6.52. The van der Waals surface area contributed by atoms with Crippen molar-refractivity contribution in [3.63, 3.8) is 0 Å². The highest BCUT2D eigenvalue weighted by Gasteiger charge is 1.90. The van der Waals surface area contributed by atoms with E-state index in [1.54, 1.807) is 6.20 Å². The smallest absolute Gasteiger partial charge is 0.203 e. The van der Waals surface area contributed by atoms with Crippen LogP contribution in [0.5, 0.6) is 0 Å². The van der Waals surface area contributed by atoms with Crippen molar-refractivity contribution in [2.24, 2.45) is 10.8 Å². The zero-order valence-corrected chi connectivity index (χ0v) is 7.06. The van der Waals surface area contributed by atoms with Crippen LogP contribution in [-0.2, 0) is 0 Å². The summed E-state index contributed by atoms with van der Waals surface area (Å²) in [6.45, 7) is 1.95. The largest absolute Gasteiger partial charge is 0.386 e. The van der Waals surface area contributed by atoms with Crippen molar-refractivity contribution in [3.05, 3.63) is 11.6 Å². The number of aromatic nitrogens is 1. The van der Waals surface area contributed by atoms with Gasteiger partial charge in [0.1, 0.15) is 5.84 Å². The van der Waals surface area contributed by atoms with Crippen molar-refractivity contribution in [2.75, 3.05) is 5.43 Å². The van der Waals surface area contributed by atoms with E-state index < -0.39 is 0 Å². The SMILES string of the molecule is CC/C(N)=N/Nc1nccs1. The zero-order valence-electron chi connectivity index (χ0n) is 6.24. The molecule has 1 aromatic heterocycles. The Bertz CT molecular complexity index is 229. The lowest BCUT2D eigenvalue weighted by atomic mass is 10.5. The van der Waals surface area contributed by atoms with E-state index in [-0.39, 0.29) is 0 Å². The average Bonchev–Trinajstić information content (AvgIpc) is 2.52. The molecule has 0 aliphatic carbocycles. The van der Waals surface area contributed by atoms with Gasteiger partial charge in [-0.3, -0.25) is 5.43 Å². The van der Waals surface area contributed by atoms with Crippen LogP contribution in [0.2, 0.25) is 0 Å². The number of hydrogen-bond acceptors (Lipinski definition) is 4. The lowest BCUT2D eigenvalue weighted by Gasteiger charge is -1.95. The molecule has 0 unspecified atom stereocenters. The monoisotopic (exact) mass is 170 g/mol. The van der Waals surface area contributed by atoms with Crippen molar-refractivity contribution < 1.29 is 0 Å². The third kappa shape index (κ3) is 2.55. The normalized spacial score (nSPS) is 11.5. The molecule has 60 valence electrons. The van der Waals surface area contributed by atoms with Gasteiger partial charge >= 0.3 is 0 Å². The van der Waals surface area contributed by atoms with E-state index in [9.17, 15) is 0 Å². The fraction of sp³-hybridized carbons (Fsp3) is 0.333. The first-order valence-electron chi connectivity index (χ1n) is 3.30. The molecule has 0 spiro atoms. The molecule has 0 amide bonds. The third-order valence-corrected chi connectivity index (χ3v) is 1.77. The van der Waals surface area contributed by atoms with E-state index in [0.29, 0.717) is 5.84 Å². The predicted octanol–water partition coefficient (Wildman–Crippen LogP) is 1.24. The number of hydrazone groups is 1. The van der Waals surface area contributed by atoms with Gasteiger partial charge in [-0.05, 0) is 0 Å². The van der Waals surface area contributed by atoms with Gasteiger partial charge in [0.15, 0.2) is 0 Å². The summed E-state index contributed by atoms with van der Waals surface area (Å²) in [6, 6.07) is 0. The van der Waals surface area contributed by atoms with Crippen LogP contribution >= 0.6 is 11.3 Å². The quantitative estimate of drug-likeness (QED) is 0.407. The van der Waals surface area contributed by atoms with Crippen LogP contribution in [0.3, 0.4) is 0 Å². The maximum atomic E-state index is 5.45. The van der Waals surface area contributed by atoms with Gasteiger partial charge in [-0.15, -0.1) is 11.3 Å². The summed E-state index contributed by atoms with van der Waals surface area (Å²) in [6.07, 6.45) is 2.46. The molecule has 0 bridgehead atoms. The molecule has 3 N–H and O–H groups in total. The van der Waals surface area contributed by atoms with Crippen molar-refractivity contribution >= 4 is 22.3 Å². The van der Waals surface area contributed by atoms with E-state index in [0.717, 1.165) is 11.6 Å². The Morgan fingerprint density at radius 1 is 1.91 bits per heavy atom. The van der Waals surface area contributed by atoms with Crippen molar-refractivity contribution in [1.82, 2.24) is 4.98 Å². The van der Waals surface area contributed by atoms with Gasteiger partial charge in [0.05, 0.1) is 0 Å². The fourth-order valence-electron chi connectivity index (χ4n) is 0.477. The highest BCUT2D eigenvalue weighted by atomic mass is 32.1. The van der Waals surface area contributed by atoms with Gasteiger partial charge in [-0.1, -0.05) is 6.92 Å². The zero-order chi connectivity index (χ0) is 8.10. The molecule has 0 aromatic carbocycles. The maximum Gasteiger partial charge on any atom is 0.203 e. The summed E-state index contributed by atoms with van der Waals surface area (Å²) in [7, 11) is 0. The van der Waals surface area contributed by atoms with Gasteiger partial charge < -0.3 is 5.73 Å². The van der Waals surface area contributed by atoms with E-state index in [4.69, 9.17) is 5.73 Å². The van der Waals surface area contributed by atoms with Crippen LogP contribution < -0.4 is 11.2 Å². The third-order valence-electron chi connectivity index (χ3n) is 1.09. The Hall–Kier alpha value is -1.10. The number of anilines is 1. The van der Waals surface area contributed by atoms with E-state index >= 15 is 0 Å². The number of nitrogens with one attached hydrogen (secondary N) is 1. The molecule has 4 nitrogen and oxygen atoms in total. The number of nitrogens with two attached hydrogens (primary N) is 1. The molecule has 1 rings (SSSR count). The van der Waals surface area contributed by atoms with Gasteiger partial charge in [0.2, 0.25) is 5.13 Å². The molecule has 0 saturated heterocycles. The summed E-state index contributed by atoms with van der Waals surface area (Å²) >= 11 is 1.49. The van der Waals surface area contributed by atoms with E-state index in [1.807, 2.05) is 12.3 Å². The van der Waals surface area contributed by atoms with Crippen LogP contribution in [0.1, 0.15) is 13.3 Å². The van der Waals surface area contributed by atoms with Crippen molar-refractivity contribution in [3.8, 4) is 0 Å². The first-order valence-corrected chi connectivity index (χ1v) is 4.18.